The SMILES string of the molecule is O=C(C[C@H]1CN(C(=O)Cn2ccc(C(F)(F)F)n2)CC[C@@H]1Oc1ccc(F)cc1)N1CCCCC1. The lowest BCUT2D eigenvalue weighted by atomic mass is 9.90. The fraction of sp³-hybridized carbons (Fsp3) is 0.542. The van der Waals surface area contributed by atoms with Gasteiger partial charge >= 0.3 is 6.18 Å². The van der Waals surface area contributed by atoms with Crippen molar-refractivity contribution in [2.75, 3.05) is 26.2 Å². The van der Waals surface area contributed by atoms with Gasteiger partial charge in [-0.15, -0.1) is 0 Å². The summed E-state index contributed by atoms with van der Waals surface area (Å²) in [6, 6.07) is 6.46. The Bertz CT molecular complexity index is 1020. The van der Waals surface area contributed by atoms with E-state index < -0.39 is 11.9 Å². The Balaban J connectivity index is 1.43. The summed E-state index contributed by atoms with van der Waals surface area (Å²) in [5, 5.41) is 3.45. The Morgan fingerprint density at radius 3 is 2.34 bits per heavy atom. The molecule has 2 aromatic rings. The van der Waals surface area contributed by atoms with Gasteiger partial charge in [-0.2, -0.15) is 18.3 Å². The van der Waals surface area contributed by atoms with Crippen LogP contribution in [0.3, 0.4) is 0 Å². The summed E-state index contributed by atoms with van der Waals surface area (Å²) >= 11 is 0. The molecule has 0 saturated carbocycles. The number of carbonyl (C=O) groups excluding carboxylic acids is 2. The molecule has 4 rings (SSSR count). The molecule has 2 atom stereocenters. The summed E-state index contributed by atoms with van der Waals surface area (Å²) in [5.74, 6) is -0.601. The number of hydrogen-bond donors (Lipinski definition) is 0. The number of alkyl halides is 3. The van der Waals surface area contributed by atoms with Crippen LogP contribution < -0.4 is 4.74 Å². The predicted molar refractivity (Wildman–Crippen MR) is 118 cm³/mol. The van der Waals surface area contributed by atoms with Crippen LogP contribution in [0.5, 0.6) is 5.75 Å². The molecule has 2 fully saturated rings. The van der Waals surface area contributed by atoms with Crippen LogP contribution in [0.15, 0.2) is 36.5 Å². The van der Waals surface area contributed by atoms with Crippen LogP contribution in [-0.4, -0.2) is 63.7 Å². The Morgan fingerprint density at radius 1 is 0.971 bits per heavy atom. The standard InChI is InChI=1S/C24H28F4N4O3/c25-18-4-6-19(7-5-18)35-20-8-12-31(15-17(20)14-22(33)30-10-2-1-3-11-30)23(34)16-32-13-9-21(29-32)24(26,27)28/h4-7,9,13,17,20H,1-3,8,10-12,14-16H2/t17-,20-/m0/s1. The van der Waals surface area contributed by atoms with Gasteiger partial charge in [-0.25, -0.2) is 4.39 Å². The molecule has 2 aliphatic heterocycles. The summed E-state index contributed by atoms with van der Waals surface area (Å²) in [4.78, 5) is 29.2. The summed E-state index contributed by atoms with van der Waals surface area (Å²) in [6.07, 6.45) is -0.175. The highest BCUT2D eigenvalue weighted by atomic mass is 19.4. The zero-order valence-electron chi connectivity index (χ0n) is 19.2. The van der Waals surface area contributed by atoms with E-state index >= 15 is 0 Å². The minimum atomic E-state index is -4.58. The number of aromatic nitrogens is 2. The molecule has 190 valence electrons. The van der Waals surface area contributed by atoms with E-state index in [-0.39, 0.29) is 49.2 Å². The largest absolute Gasteiger partial charge is 0.490 e. The van der Waals surface area contributed by atoms with Gasteiger partial charge in [0.2, 0.25) is 11.8 Å². The van der Waals surface area contributed by atoms with E-state index in [9.17, 15) is 27.2 Å². The third-order valence-electron chi connectivity index (χ3n) is 6.49. The maximum absolute atomic E-state index is 13.3. The second kappa shape index (κ2) is 10.7. The molecule has 0 radical (unpaired) electrons. The molecule has 2 amide bonds. The number of halogens is 4. The van der Waals surface area contributed by atoms with E-state index in [2.05, 4.69) is 5.10 Å². The average Bonchev–Trinajstić information content (AvgIpc) is 3.31. The van der Waals surface area contributed by atoms with Crippen LogP contribution in [0.1, 0.15) is 37.8 Å². The van der Waals surface area contributed by atoms with Gasteiger partial charge in [0, 0.05) is 51.1 Å². The van der Waals surface area contributed by atoms with Gasteiger partial charge in [-0.1, -0.05) is 0 Å². The highest BCUT2D eigenvalue weighted by molar-refractivity contribution is 5.78. The molecule has 0 N–H and O–H groups in total. The Labute approximate surface area is 200 Å². The van der Waals surface area contributed by atoms with Crippen LogP contribution in [0.2, 0.25) is 0 Å². The third-order valence-corrected chi connectivity index (χ3v) is 6.49. The first kappa shape index (κ1) is 25.0. The van der Waals surface area contributed by atoms with E-state index in [0.29, 0.717) is 31.8 Å². The number of carbonyl (C=O) groups is 2. The van der Waals surface area contributed by atoms with Crippen LogP contribution >= 0.6 is 0 Å². The van der Waals surface area contributed by atoms with Gasteiger partial charge in [-0.05, 0) is 49.6 Å². The van der Waals surface area contributed by atoms with Gasteiger partial charge in [0.1, 0.15) is 24.2 Å². The number of ether oxygens (including phenoxy) is 1. The molecule has 11 heteroatoms. The molecular weight excluding hydrogens is 468 g/mol. The summed E-state index contributed by atoms with van der Waals surface area (Å²) in [7, 11) is 0. The number of rotatable bonds is 6. The molecule has 35 heavy (non-hydrogen) atoms. The van der Waals surface area contributed by atoms with Crippen LogP contribution in [0, 0.1) is 11.7 Å². The van der Waals surface area contributed by atoms with Crippen molar-refractivity contribution in [3.8, 4) is 5.75 Å². The smallest absolute Gasteiger partial charge is 0.435 e. The van der Waals surface area contributed by atoms with Gasteiger partial charge in [-0.3, -0.25) is 14.3 Å². The monoisotopic (exact) mass is 496 g/mol. The molecule has 0 spiro atoms. The van der Waals surface area contributed by atoms with Crippen molar-refractivity contribution in [3.05, 3.63) is 48.0 Å². The first-order valence-electron chi connectivity index (χ1n) is 11.8. The van der Waals surface area contributed by atoms with Crippen molar-refractivity contribution in [3.63, 3.8) is 0 Å². The van der Waals surface area contributed by atoms with Crippen molar-refractivity contribution in [1.29, 1.82) is 0 Å². The van der Waals surface area contributed by atoms with Crippen LogP contribution in [-0.2, 0) is 22.3 Å². The van der Waals surface area contributed by atoms with Crippen molar-refractivity contribution < 1.29 is 31.9 Å². The topological polar surface area (TPSA) is 67.7 Å². The van der Waals surface area contributed by atoms with Crippen LogP contribution in [0.4, 0.5) is 17.6 Å². The molecule has 0 unspecified atom stereocenters. The lowest BCUT2D eigenvalue weighted by Crippen LogP contribution is -2.50. The first-order valence-corrected chi connectivity index (χ1v) is 11.8. The van der Waals surface area contributed by atoms with Gasteiger partial charge in [0.25, 0.3) is 0 Å². The molecule has 3 heterocycles. The highest BCUT2D eigenvalue weighted by Gasteiger charge is 2.36. The lowest BCUT2D eigenvalue weighted by Gasteiger charge is -2.39. The highest BCUT2D eigenvalue weighted by Crippen LogP contribution is 2.29. The third kappa shape index (κ3) is 6.52. The van der Waals surface area contributed by atoms with Gasteiger partial charge < -0.3 is 14.5 Å². The minimum Gasteiger partial charge on any atom is -0.490 e. The Morgan fingerprint density at radius 2 is 1.69 bits per heavy atom. The minimum absolute atomic E-state index is 0.00130. The maximum atomic E-state index is 13.3. The Kier molecular flexibility index (Phi) is 7.61. The molecule has 1 aromatic heterocycles. The fourth-order valence-corrected chi connectivity index (χ4v) is 4.61. The quantitative estimate of drug-likeness (QED) is 0.572. The number of benzene rings is 1. The predicted octanol–water partition coefficient (Wildman–Crippen LogP) is 3.74. The van der Waals surface area contributed by atoms with Crippen molar-refractivity contribution in [1.82, 2.24) is 19.6 Å². The van der Waals surface area contributed by atoms with E-state index in [4.69, 9.17) is 4.74 Å². The summed E-state index contributed by atoms with van der Waals surface area (Å²) in [5.41, 5.74) is -1.05. The number of likely N-dealkylation sites (tertiary alicyclic amines) is 2. The normalized spacial score (nSPS) is 21.1. The second-order valence-corrected chi connectivity index (χ2v) is 9.04. The van der Waals surface area contributed by atoms with E-state index in [1.165, 1.54) is 24.3 Å². The van der Waals surface area contributed by atoms with Gasteiger partial charge in [0.15, 0.2) is 5.69 Å². The van der Waals surface area contributed by atoms with E-state index in [1.54, 1.807) is 4.90 Å². The molecule has 2 saturated heterocycles. The average molecular weight is 497 g/mol. The summed E-state index contributed by atoms with van der Waals surface area (Å²) < 4.78 is 58.8. The number of nitrogens with zero attached hydrogens (tertiary/aromatic N) is 4. The van der Waals surface area contributed by atoms with Crippen molar-refractivity contribution in [2.24, 2.45) is 5.92 Å². The van der Waals surface area contributed by atoms with Crippen molar-refractivity contribution >= 4 is 11.8 Å². The molecule has 0 aliphatic carbocycles. The second-order valence-electron chi connectivity index (χ2n) is 9.04. The summed E-state index contributed by atoms with van der Waals surface area (Å²) in [6.45, 7) is 1.65. The van der Waals surface area contributed by atoms with Crippen LogP contribution in [0.25, 0.3) is 0 Å². The molecule has 7 nitrogen and oxygen atoms in total. The Hall–Kier alpha value is -3.11. The van der Waals surface area contributed by atoms with E-state index in [0.717, 1.165) is 36.2 Å². The molecule has 1 aromatic carbocycles. The molecule has 0 bridgehead atoms. The molecule has 2 aliphatic rings. The number of hydrogen-bond acceptors (Lipinski definition) is 4. The maximum Gasteiger partial charge on any atom is 0.435 e. The zero-order valence-corrected chi connectivity index (χ0v) is 19.2. The van der Waals surface area contributed by atoms with Gasteiger partial charge in [0.05, 0.1) is 0 Å². The zero-order chi connectivity index (χ0) is 25.0. The molecular formula is C24H28F4N4O3. The lowest BCUT2D eigenvalue weighted by molar-refractivity contribution is -0.142. The number of amides is 2. The van der Waals surface area contributed by atoms with E-state index in [1.807, 2.05) is 4.90 Å². The first-order chi connectivity index (χ1) is 16.7. The fourth-order valence-electron chi connectivity index (χ4n) is 4.61. The van der Waals surface area contributed by atoms with Crippen molar-refractivity contribution in [2.45, 2.75) is 50.9 Å². The number of piperidine rings is 2.